The van der Waals surface area contributed by atoms with E-state index < -0.39 is 29.7 Å². The first-order valence-corrected chi connectivity index (χ1v) is 19.5. The van der Waals surface area contributed by atoms with E-state index in [2.05, 4.69) is 68.0 Å². The number of hydrogen-bond donors (Lipinski definition) is 2. The van der Waals surface area contributed by atoms with Crippen LogP contribution in [0.2, 0.25) is 5.02 Å². The second-order valence-corrected chi connectivity index (χ2v) is 17.2. The van der Waals surface area contributed by atoms with E-state index >= 15 is 0 Å². The van der Waals surface area contributed by atoms with Crippen LogP contribution in [0.3, 0.4) is 0 Å². The summed E-state index contributed by atoms with van der Waals surface area (Å²) in [7, 11) is 0. The van der Waals surface area contributed by atoms with Crippen molar-refractivity contribution in [2.24, 2.45) is 10.8 Å². The number of ether oxygens (including phenoxy) is 1. The monoisotopic (exact) mass is 778 g/mol. The zero-order valence-electron chi connectivity index (χ0n) is 32.5. The third-order valence-corrected chi connectivity index (χ3v) is 12.5. The Morgan fingerprint density at radius 2 is 1.59 bits per heavy atom. The van der Waals surface area contributed by atoms with Gasteiger partial charge < -0.3 is 15.0 Å². The Hall–Kier alpha value is -5.25. The number of carbonyl (C=O) groups is 5. The van der Waals surface area contributed by atoms with Crippen LogP contribution in [0.25, 0.3) is 0 Å². The van der Waals surface area contributed by atoms with Crippen molar-refractivity contribution in [3.8, 4) is 11.8 Å². The lowest BCUT2D eigenvalue weighted by Crippen LogP contribution is -2.74. The lowest BCUT2D eigenvalue weighted by atomic mass is 9.49. The minimum atomic E-state index is -0.995. The number of halogens is 1. The predicted molar refractivity (Wildman–Crippen MR) is 211 cm³/mol. The number of fused-ring (bicyclic) bond motifs is 1. The molecule has 292 valence electrons. The molecule has 7 rings (SSSR count). The van der Waals surface area contributed by atoms with Gasteiger partial charge in [-0.05, 0) is 74.7 Å². The van der Waals surface area contributed by atoms with Gasteiger partial charge in [0.05, 0.1) is 21.7 Å². The Labute approximate surface area is 332 Å². The standard InChI is InChI=1S/C43H47ClN6O6/c1-24-22-48(29-12-14-31-32(19-29)39(55)50(38(31)54)34-15-16-35(51)46-37(34)53)23-25(2)49(24)18-17-26-7-9-27(10-8-26)36(52)47-40-42(3,4)41(43(40,5)6)56-30-13-11-28(21-45)33(44)20-30/h7-14,19-20,24-25,34,40-41H,15-18,22-23H2,1-6H3,(H,47,52)(H,46,51,53)/t24-,25-,34?,40?,41?/m0/s1. The molecule has 3 atom stereocenters. The molecule has 0 spiro atoms. The molecule has 1 unspecified atom stereocenters. The normalized spacial score (nSPS) is 25.6. The molecule has 13 heteroatoms. The molecule has 0 bridgehead atoms. The van der Waals surface area contributed by atoms with Crippen molar-refractivity contribution in [2.45, 2.75) is 91.1 Å². The number of piperidine rings is 1. The minimum Gasteiger partial charge on any atom is -0.489 e. The van der Waals surface area contributed by atoms with Gasteiger partial charge in [-0.2, -0.15) is 5.26 Å². The summed E-state index contributed by atoms with van der Waals surface area (Å²) in [5, 5.41) is 15.1. The maximum Gasteiger partial charge on any atom is 0.262 e. The van der Waals surface area contributed by atoms with E-state index in [-0.39, 0.29) is 64.9 Å². The van der Waals surface area contributed by atoms with Crippen molar-refractivity contribution < 1.29 is 28.7 Å². The fourth-order valence-electron chi connectivity index (χ4n) is 9.56. The zero-order valence-corrected chi connectivity index (χ0v) is 33.3. The predicted octanol–water partition coefficient (Wildman–Crippen LogP) is 5.37. The number of nitriles is 1. The minimum absolute atomic E-state index is 0.0769. The number of carbonyl (C=O) groups excluding carboxylic acids is 5. The van der Waals surface area contributed by atoms with Crippen molar-refractivity contribution in [2.75, 3.05) is 24.5 Å². The highest BCUT2D eigenvalue weighted by atomic mass is 35.5. The number of piperazine rings is 1. The molecular formula is C43H47ClN6O6. The highest BCUT2D eigenvalue weighted by Gasteiger charge is 2.64. The van der Waals surface area contributed by atoms with Crippen LogP contribution in [-0.2, 0) is 16.0 Å². The quantitative estimate of drug-likeness (QED) is 0.274. The molecule has 3 heterocycles. The summed E-state index contributed by atoms with van der Waals surface area (Å²) in [5.41, 5.74) is 2.77. The third-order valence-electron chi connectivity index (χ3n) is 12.2. The van der Waals surface area contributed by atoms with E-state index in [0.29, 0.717) is 21.9 Å². The summed E-state index contributed by atoms with van der Waals surface area (Å²) in [4.78, 5) is 69.9. The first-order valence-electron chi connectivity index (χ1n) is 19.1. The molecule has 2 saturated heterocycles. The Balaban J connectivity index is 0.927. The molecule has 5 amide bonds. The van der Waals surface area contributed by atoms with Crippen molar-refractivity contribution >= 4 is 46.8 Å². The topological polar surface area (TPSA) is 152 Å². The number of amides is 5. The summed E-state index contributed by atoms with van der Waals surface area (Å²) >= 11 is 6.24. The molecule has 56 heavy (non-hydrogen) atoms. The number of anilines is 1. The van der Waals surface area contributed by atoms with E-state index in [1.54, 1.807) is 30.3 Å². The molecule has 3 aromatic carbocycles. The molecule has 3 aromatic rings. The molecular weight excluding hydrogens is 732 g/mol. The smallest absolute Gasteiger partial charge is 0.262 e. The summed E-state index contributed by atoms with van der Waals surface area (Å²) in [6, 6.07) is 19.4. The molecule has 3 aliphatic heterocycles. The average molecular weight is 779 g/mol. The Morgan fingerprint density at radius 3 is 2.21 bits per heavy atom. The fourth-order valence-corrected chi connectivity index (χ4v) is 9.77. The van der Waals surface area contributed by atoms with Crippen molar-refractivity contribution in [3.63, 3.8) is 0 Å². The van der Waals surface area contributed by atoms with Crippen molar-refractivity contribution in [3.05, 3.63) is 93.5 Å². The molecule has 0 radical (unpaired) electrons. The van der Waals surface area contributed by atoms with E-state index in [1.807, 2.05) is 30.3 Å². The number of hydrogen-bond acceptors (Lipinski definition) is 9. The maximum atomic E-state index is 13.5. The number of nitrogens with zero attached hydrogens (tertiary/aromatic N) is 4. The number of rotatable bonds is 9. The van der Waals surface area contributed by atoms with Crippen molar-refractivity contribution in [1.29, 1.82) is 5.26 Å². The average Bonchev–Trinajstić information content (AvgIpc) is 3.40. The van der Waals surface area contributed by atoms with Crippen LogP contribution in [0.15, 0.2) is 60.7 Å². The van der Waals surface area contributed by atoms with Gasteiger partial charge >= 0.3 is 0 Å². The van der Waals surface area contributed by atoms with Gasteiger partial charge in [0.1, 0.15) is 24.0 Å². The number of nitrogens with one attached hydrogen (secondary N) is 2. The van der Waals surface area contributed by atoms with Gasteiger partial charge in [-0.15, -0.1) is 0 Å². The first-order chi connectivity index (χ1) is 26.5. The Morgan fingerprint density at radius 1 is 0.929 bits per heavy atom. The van der Waals surface area contributed by atoms with Gasteiger partial charge in [0, 0.05) is 72.3 Å². The van der Waals surface area contributed by atoms with Crippen LogP contribution in [0.4, 0.5) is 5.69 Å². The number of imide groups is 2. The molecule has 3 fully saturated rings. The highest BCUT2D eigenvalue weighted by Crippen LogP contribution is 2.55. The zero-order chi connectivity index (χ0) is 40.3. The van der Waals surface area contributed by atoms with E-state index in [1.165, 1.54) is 0 Å². The van der Waals surface area contributed by atoms with E-state index in [9.17, 15) is 29.2 Å². The molecule has 12 nitrogen and oxygen atoms in total. The van der Waals surface area contributed by atoms with Gasteiger partial charge in [0.15, 0.2) is 0 Å². The first kappa shape index (κ1) is 39.0. The third kappa shape index (κ3) is 6.92. The summed E-state index contributed by atoms with van der Waals surface area (Å²) in [6.45, 7) is 15.0. The summed E-state index contributed by atoms with van der Waals surface area (Å²) < 4.78 is 6.37. The van der Waals surface area contributed by atoms with Gasteiger partial charge in [0.2, 0.25) is 11.8 Å². The van der Waals surface area contributed by atoms with Crippen LogP contribution in [0, 0.1) is 22.2 Å². The SMILES string of the molecule is C[C@H]1CN(c2ccc3c(c2)C(=O)N(C2CCC(=O)NC2=O)C3=O)C[C@H](C)N1CCc1ccc(C(=O)NC2C(C)(C)C(Oc3ccc(C#N)c(Cl)c3)C2(C)C)cc1. The van der Waals surface area contributed by atoms with Crippen LogP contribution in [-0.4, -0.2) is 89.2 Å². The van der Waals surface area contributed by atoms with Gasteiger partial charge in [-0.3, -0.25) is 39.1 Å². The molecule has 1 aliphatic carbocycles. The van der Waals surface area contributed by atoms with Crippen LogP contribution < -0.4 is 20.3 Å². The van der Waals surface area contributed by atoms with Crippen LogP contribution in [0.5, 0.6) is 5.75 Å². The largest absolute Gasteiger partial charge is 0.489 e. The fraction of sp³-hybridized carbons (Fsp3) is 0.442. The lowest BCUT2D eigenvalue weighted by Gasteiger charge is -2.63. The molecule has 4 aliphatic rings. The van der Waals surface area contributed by atoms with Gasteiger partial charge in [-0.25, -0.2) is 0 Å². The van der Waals surface area contributed by atoms with E-state index in [0.717, 1.165) is 42.2 Å². The lowest BCUT2D eigenvalue weighted by molar-refractivity contribution is -0.164. The van der Waals surface area contributed by atoms with Crippen LogP contribution in [0.1, 0.15) is 96.6 Å². The summed E-state index contributed by atoms with van der Waals surface area (Å²) in [6.07, 6.45) is 0.810. The number of benzene rings is 3. The van der Waals surface area contributed by atoms with Crippen molar-refractivity contribution in [1.82, 2.24) is 20.4 Å². The Bertz CT molecular complexity index is 2130. The van der Waals surface area contributed by atoms with E-state index in [4.69, 9.17) is 16.3 Å². The van der Waals surface area contributed by atoms with Gasteiger partial charge in [0.25, 0.3) is 17.7 Å². The Kier molecular flexibility index (Phi) is 10.2. The summed E-state index contributed by atoms with van der Waals surface area (Å²) in [5.74, 6) is -1.59. The maximum absolute atomic E-state index is 13.5. The second-order valence-electron chi connectivity index (χ2n) is 16.8. The van der Waals surface area contributed by atoms with Crippen LogP contribution >= 0.6 is 11.6 Å². The van der Waals surface area contributed by atoms with Gasteiger partial charge in [-0.1, -0.05) is 51.4 Å². The highest BCUT2D eigenvalue weighted by molar-refractivity contribution is 6.31. The molecule has 1 saturated carbocycles. The molecule has 0 aromatic heterocycles. The second kappa shape index (κ2) is 14.7. The molecule has 2 N–H and O–H groups in total.